The lowest BCUT2D eigenvalue weighted by atomic mass is 10.1. The molecule has 1 aromatic heterocycles. The Morgan fingerprint density at radius 1 is 1.28 bits per heavy atom. The van der Waals surface area contributed by atoms with Crippen molar-refractivity contribution in [3.63, 3.8) is 0 Å². The zero-order valence-corrected chi connectivity index (χ0v) is 11.5. The second-order valence-electron chi connectivity index (χ2n) is 4.86. The van der Waals surface area contributed by atoms with Crippen LogP contribution in [-0.2, 0) is 13.0 Å². The normalized spacial score (nSPS) is 15.0. The van der Waals surface area contributed by atoms with E-state index in [-0.39, 0.29) is 0 Å². The van der Waals surface area contributed by atoms with E-state index in [0.717, 1.165) is 11.4 Å². The molecule has 1 aromatic carbocycles. The standard InChI is InChI=1S/C15H18N2S/c1-2-10-3-5-12(6-4-10)15-17-14(11-7-8-11)13(9-16)18-15/h3-6,11H,2,7-9,16H2,1H3. The van der Waals surface area contributed by atoms with Gasteiger partial charge in [0.2, 0.25) is 0 Å². The number of nitrogens with two attached hydrogens (primary N) is 1. The molecule has 1 saturated carbocycles. The summed E-state index contributed by atoms with van der Waals surface area (Å²) in [6.45, 7) is 2.80. The lowest BCUT2D eigenvalue weighted by Gasteiger charge is -1.98. The third-order valence-electron chi connectivity index (χ3n) is 3.49. The molecule has 1 aliphatic rings. The van der Waals surface area contributed by atoms with Crippen molar-refractivity contribution in [1.82, 2.24) is 4.98 Å². The average Bonchev–Trinajstić information content (AvgIpc) is 3.18. The summed E-state index contributed by atoms with van der Waals surface area (Å²) in [6, 6.07) is 8.73. The molecule has 1 aliphatic carbocycles. The molecule has 1 fully saturated rings. The predicted molar refractivity (Wildman–Crippen MR) is 76.8 cm³/mol. The molecular formula is C15H18N2S. The second-order valence-corrected chi connectivity index (χ2v) is 5.94. The fourth-order valence-corrected chi connectivity index (χ4v) is 3.22. The van der Waals surface area contributed by atoms with E-state index in [1.54, 1.807) is 11.3 Å². The van der Waals surface area contributed by atoms with Gasteiger partial charge in [-0.25, -0.2) is 4.98 Å². The Balaban J connectivity index is 1.95. The van der Waals surface area contributed by atoms with Crippen LogP contribution in [0.5, 0.6) is 0 Å². The molecule has 2 nitrogen and oxygen atoms in total. The first kappa shape index (κ1) is 11.9. The van der Waals surface area contributed by atoms with E-state index in [1.807, 2.05) is 0 Å². The zero-order chi connectivity index (χ0) is 12.5. The Kier molecular flexibility index (Phi) is 3.18. The molecule has 0 radical (unpaired) electrons. The number of nitrogens with zero attached hydrogens (tertiary/aromatic N) is 1. The molecular weight excluding hydrogens is 240 g/mol. The van der Waals surface area contributed by atoms with Crippen LogP contribution in [0.25, 0.3) is 10.6 Å². The van der Waals surface area contributed by atoms with Gasteiger partial charge in [0.15, 0.2) is 0 Å². The molecule has 2 N–H and O–H groups in total. The SMILES string of the molecule is CCc1ccc(-c2nc(C3CC3)c(CN)s2)cc1. The van der Waals surface area contributed by atoms with Crippen molar-refractivity contribution in [2.75, 3.05) is 0 Å². The summed E-state index contributed by atoms with van der Waals surface area (Å²) >= 11 is 1.76. The first-order chi connectivity index (χ1) is 8.81. The second kappa shape index (κ2) is 4.82. The van der Waals surface area contributed by atoms with E-state index in [1.165, 1.54) is 34.5 Å². The van der Waals surface area contributed by atoms with Crippen molar-refractivity contribution in [3.8, 4) is 10.6 Å². The van der Waals surface area contributed by atoms with Gasteiger partial charge in [-0.1, -0.05) is 31.2 Å². The molecule has 0 atom stereocenters. The maximum absolute atomic E-state index is 5.82. The van der Waals surface area contributed by atoms with Crippen molar-refractivity contribution in [3.05, 3.63) is 40.4 Å². The Morgan fingerprint density at radius 2 is 2.00 bits per heavy atom. The van der Waals surface area contributed by atoms with Crippen LogP contribution in [0.1, 0.15) is 41.8 Å². The highest BCUT2D eigenvalue weighted by Gasteiger charge is 2.29. The zero-order valence-electron chi connectivity index (χ0n) is 10.6. The van der Waals surface area contributed by atoms with Crippen LogP contribution in [0.3, 0.4) is 0 Å². The summed E-state index contributed by atoms with van der Waals surface area (Å²) in [6.07, 6.45) is 3.65. The molecule has 0 aliphatic heterocycles. The van der Waals surface area contributed by atoms with Crippen LogP contribution in [0.2, 0.25) is 0 Å². The monoisotopic (exact) mass is 258 g/mol. The van der Waals surface area contributed by atoms with E-state index >= 15 is 0 Å². The lowest BCUT2D eigenvalue weighted by molar-refractivity contribution is 0.979. The number of hydrogen-bond donors (Lipinski definition) is 1. The van der Waals surface area contributed by atoms with Crippen LogP contribution in [0, 0.1) is 0 Å². The van der Waals surface area contributed by atoms with Crippen molar-refractivity contribution >= 4 is 11.3 Å². The summed E-state index contributed by atoms with van der Waals surface area (Å²) in [5.74, 6) is 0.684. The van der Waals surface area contributed by atoms with Crippen LogP contribution in [-0.4, -0.2) is 4.98 Å². The molecule has 18 heavy (non-hydrogen) atoms. The highest BCUT2D eigenvalue weighted by atomic mass is 32.1. The number of aryl methyl sites for hydroxylation is 1. The fraction of sp³-hybridized carbons (Fsp3) is 0.400. The minimum Gasteiger partial charge on any atom is -0.326 e. The minimum absolute atomic E-state index is 0.622. The summed E-state index contributed by atoms with van der Waals surface area (Å²) in [5.41, 5.74) is 9.68. The molecule has 0 saturated heterocycles. The number of hydrogen-bond acceptors (Lipinski definition) is 3. The minimum atomic E-state index is 0.622. The van der Waals surface area contributed by atoms with Gasteiger partial charge in [0.25, 0.3) is 0 Å². The Labute approximate surface area is 112 Å². The van der Waals surface area contributed by atoms with Gasteiger partial charge in [0, 0.05) is 22.9 Å². The van der Waals surface area contributed by atoms with Gasteiger partial charge < -0.3 is 5.73 Å². The lowest BCUT2D eigenvalue weighted by Crippen LogP contribution is -1.96. The Bertz CT molecular complexity index is 538. The molecule has 0 bridgehead atoms. The summed E-state index contributed by atoms with van der Waals surface area (Å²) in [5, 5.41) is 1.13. The van der Waals surface area contributed by atoms with Gasteiger partial charge in [-0.05, 0) is 24.8 Å². The van der Waals surface area contributed by atoms with E-state index in [9.17, 15) is 0 Å². The number of benzene rings is 1. The van der Waals surface area contributed by atoms with Crippen LogP contribution in [0.15, 0.2) is 24.3 Å². The Morgan fingerprint density at radius 3 is 2.56 bits per heavy atom. The van der Waals surface area contributed by atoms with Gasteiger partial charge in [-0.2, -0.15) is 0 Å². The first-order valence-electron chi connectivity index (χ1n) is 6.60. The third-order valence-corrected chi connectivity index (χ3v) is 4.63. The average molecular weight is 258 g/mol. The molecule has 94 valence electrons. The number of aromatic nitrogens is 1. The molecule has 2 aromatic rings. The van der Waals surface area contributed by atoms with E-state index < -0.39 is 0 Å². The first-order valence-corrected chi connectivity index (χ1v) is 7.42. The molecule has 1 heterocycles. The van der Waals surface area contributed by atoms with E-state index in [2.05, 4.69) is 31.2 Å². The highest BCUT2D eigenvalue weighted by molar-refractivity contribution is 7.15. The van der Waals surface area contributed by atoms with Crippen LogP contribution in [0.4, 0.5) is 0 Å². The van der Waals surface area contributed by atoms with Gasteiger partial charge in [0.05, 0.1) is 5.69 Å². The molecule has 3 heteroatoms. The maximum atomic E-state index is 5.82. The van der Waals surface area contributed by atoms with E-state index in [4.69, 9.17) is 10.7 Å². The van der Waals surface area contributed by atoms with Gasteiger partial charge in [-0.3, -0.25) is 0 Å². The largest absolute Gasteiger partial charge is 0.326 e. The summed E-state index contributed by atoms with van der Waals surface area (Å²) < 4.78 is 0. The number of thiazole rings is 1. The molecule has 0 unspecified atom stereocenters. The molecule has 0 amide bonds. The van der Waals surface area contributed by atoms with Crippen molar-refractivity contribution in [1.29, 1.82) is 0 Å². The molecule has 0 spiro atoms. The predicted octanol–water partition coefficient (Wildman–Crippen LogP) is 3.71. The summed E-state index contributed by atoms with van der Waals surface area (Å²) in [7, 11) is 0. The van der Waals surface area contributed by atoms with Gasteiger partial charge in [-0.15, -0.1) is 11.3 Å². The van der Waals surface area contributed by atoms with Crippen molar-refractivity contribution in [2.24, 2.45) is 5.73 Å². The Hall–Kier alpha value is -1.19. The smallest absolute Gasteiger partial charge is 0.123 e. The van der Waals surface area contributed by atoms with Crippen molar-refractivity contribution in [2.45, 2.75) is 38.6 Å². The quantitative estimate of drug-likeness (QED) is 0.908. The topological polar surface area (TPSA) is 38.9 Å². The van der Waals surface area contributed by atoms with Crippen LogP contribution < -0.4 is 5.73 Å². The van der Waals surface area contributed by atoms with Crippen LogP contribution >= 0.6 is 11.3 Å². The van der Waals surface area contributed by atoms with Gasteiger partial charge in [0.1, 0.15) is 5.01 Å². The third kappa shape index (κ3) is 2.20. The summed E-state index contributed by atoms with van der Waals surface area (Å²) in [4.78, 5) is 6.08. The van der Waals surface area contributed by atoms with E-state index in [0.29, 0.717) is 12.5 Å². The van der Waals surface area contributed by atoms with Gasteiger partial charge >= 0.3 is 0 Å². The van der Waals surface area contributed by atoms with Crippen molar-refractivity contribution < 1.29 is 0 Å². The number of rotatable bonds is 4. The maximum Gasteiger partial charge on any atom is 0.123 e. The highest BCUT2D eigenvalue weighted by Crippen LogP contribution is 2.44. The molecule has 3 rings (SSSR count). The fourth-order valence-electron chi connectivity index (χ4n) is 2.19.